The van der Waals surface area contributed by atoms with Gasteiger partial charge in [-0.15, -0.1) is 0 Å². The average molecular weight is 371 g/mol. The second-order valence-corrected chi connectivity index (χ2v) is 6.95. The molecule has 0 aromatic carbocycles. The van der Waals surface area contributed by atoms with Gasteiger partial charge >= 0.3 is 0 Å². The van der Waals surface area contributed by atoms with Crippen LogP contribution in [0.1, 0.15) is 55.5 Å². The lowest BCUT2D eigenvalue weighted by atomic mass is 9.88. The van der Waals surface area contributed by atoms with Crippen molar-refractivity contribution in [2.24, 2.45) is 0 Å². The van der Waals surface area contributed by atoms with Gasteiger partial charge in [-0.25, -0.2) is 9.97 Å². The summed E-state index contributed by atoms with van der Waals surface area (Å²) in [6.45, 7) is 0. The fourth-order valence-corrected chi connectivity index (χ4v) is 4.30. The number of ether oxygens (including phenoxy) is 1. The first-order valence-corrected chi connectivity index (χ1v) is 8.24. The Balaban J connectivity index is 1.73. The summed E-state index contributed by atoms with van der Waals surface area (Å²) in [7, 11) is 1.95. The number of aromatic nitrogens is 2. The summed E-state index contributed by atoms with van der Waals surface area (Å²) in [4.78, 5) is 9.66. The third kappa shape index (κ3) is 2.05. The van der Waals surface area contributed by atoms with Crippen LogP contribution < -0.4 is 5.32 Å². The van der Waals surface area contributed by atoms with Crippen molar-refractivity contribution in [1.29, 1.82) is 0 Å². The molecule has 3 aliphatic rings. The molecule has 1 aromatic rings. The van der Waals surface area contributed by atoms with E-state index in [0.717, 1.165) is 18.1 Å². The van der Waals surface area contributed by atoms with Gasteiger partial charge in [0.1, 0.15) is 11.6 Å². The Morgan fingerprint density at radius 3 is 2.63 bits per heavy atom. The number of fused-ring (bicyclic) bond motifs is 2. The Hall–Kier alpha value is -0.430. The predicted octanol–water partition coefficient (Wildman–Crippen LogP) is 3.04. The maximum atomic E-state index is 5.96. The van der Waals surface area contributed by atoms with Gasteiger partial charge in [0.2, 0.25) is 0 Å². The van der Waals surface area contributed by atoms with Gasteiger partial charge in [0.05, 0.1) is 21.5 Å². The molecule has 0 spiro atoms. The summed E-state index contributed by atoms with van der Waals surface area (Å²) >= 11 is 2.38. The zero-order valence-corrected chi connectivity index (χ0v) is 13.2. The van der Waals surface area contributed by atoms with Crippen molar-refractivity contribution < 1.29 is 4.74 Å². The third-order valence-corrected chi connectivity index (χ3v) is 5.60. The maximum absolute atomic E-state index is 5.96. The van der Waals surface area contributed by atoms with E-state index in [0.29, 0.717) is 24.0 Å². The SMILES string of the molecule is CNc1nc(C2CC3CCC2O3)nc(C2CC2)c1I. The van der Waals surface area contributed by atoms with Crippen LogP contribution in [0.5, 0.6) is 0 Å². The quantitative estimate of drug-likeness (QED) is 0.830. The molecule has 5 heteroatoms. The summed E-state index contributed by atoms with van der Waals surface area (Å²) in [5.74, 6) is 3.09. The van der Waals surface area contributed by atoms with Crippen LogP contribution in [0.15, 0.2) is 0 Å². The van der Waals surface area contributed by atoms with E-state index in [1.807, 2.05) is 7.05 Å². The second-order valence-electron chi connectivity index (χ2n) is 5.87. The molecule has 1 saturated carbocycles. The van der Waals surface area contributed by atoms with Crippen molar-refractivity contribution in [3.63, 3.8) is 0 Å². The summed E-state index contributed by atoms with van der Waals surface area (Å²) in [5, 5.41) is 3.23. The van der Waals surface area contributed by atoms with Crippen molar-refractivity contribution >= 4 is 28.4 Å². The van der Waals surface area contributed by atoms with E-state index in [4.69, 9.17) is 14.7 Å². The standard InChI is InChI=1S/C14H18IN3O/c1-16-14-11(15)12(7-2-3-7)17-13(18-14)9-6-8-4-5-10(9)19-8/h7-10H,2-6H2,1H3,(H,16,17,18). The van der Waals surface area contributed by atoms with Crippen LogP contribution in [-0.4, -0.2) is 29.2 Å². The minimum absolute atomic E-state index is 0.363. The Bertz CT molecular complexity index is 518. The van der Waals surface area contributed by atoms with E-state index >= 15 is 0 Å². The minimum Gasteiger partial charge on any atom is -0.374 e. The van der Waals surface area contributed by atoms with Gasteiger partial charge in [-0.3, -0.25) is 0 Å². The molecule has 102 valence electrons. The summed E-state index contributed by atoms with van der Waals surface area (Å²) in [6.07, 6.45) is 6.89. The Kier molecular flexibility index (Phi) is 2.95. The molecule has 1 N–H and O–H groups in total. The van der Waals surface area contributed by atoms with Gasteiger partial charge in [-0.05, 0) is 54.7 Å². The van der Waals surface area contributed by atoms with Crippen molar-refractivity contribution in [1.82, 2.24) is 9.97 Å². The van der Waals surface area contributed by atoms with Crippen molar-refractivity contribution in [3.8, 4) is 0 Å². The first-order valence-electron chi connectivity index (χ1n) is 7.16. The molecule has 1 aromatic heterocycles. The lowest BCUT2D eigenvalue weighted by molar-refractivity contribution is 0.0998. The Labute approximate surface area is 126 Å². The van der Waals surface area contributed by atoms with Gasteiger partial charge in [-0.1, -0.05) is 0 Å². The molecule has 0 radical (unpaired) electrons. The van der Waals surface area contributed by atoms with Crippen LogP contribution in [-0.2, 0) is 4.74 Å². The lowest BCUT2D eigenvalue weighted by Crippen LogP contribution is -2.19. The molecule has 2 bridgehead atoms. The fourth-order valence-electron chi connectivity index (χ4n) is 3.35. The third-order valence-electron chi connectivity index (χ3n) is 4.53. The number of nitrogens with zero attached hydrogens (tertiary/aromatic N) is 2. The van der Waals surface area contributed by atoms with Crippen molar-refractivity contribution in [2.45, 2.75) is 56.1 Å². The van der Waals surface area contributed by atoms with Crippen LogP contribution in [0.2, 0.25) is 0 Å². The minimum atomic E-state index is 0.363. The molecular weight excluding hydrogens is 353 g/mol. The van der Waals surface area contributed by atoms with Crippen LogP contribution in [0.4, 0.5) is 5.82 Å². The molecular formula is C14H18IN3O. The molecule has 2 saturated heterocycles. The number of anilines is 1. The molecule has 3 heterocycles. The number of nitrogens with one attached hydrogen (secondary N) is 1. The highest BCUT2D eigenvalue weighted by atomic mass is 127. The van der Waals surface area contributed by atoms with E-state index in [2.05, 4.69) is 27.9 Å². The molecule has 4 rings (SSSR count). The number of hydrogen-bond acceptors (Lipinski definition) is 4. The zero-order valence-electron chi connectivity index (χ0n) is 11.0. The molecule has 19 heavy (non-hydrogen) atoms. The zero-order chi connectivity index (χ0) is 13.0. The van der Waals surface area contributed by atoms with Gasteiger partial charge in [0, 0.05) is 18.9 Å². The highest BCUT2D eigenvalue weighted by molar-refractivity contribution is 14.1. The highest BCUT2D eigenvalue weighted by Gasteiger charge is 2.43. The van der Waals surface area contributed by atoms with Crippen molar-refractivity contribution in [3.05, 3.63) is 15.1 Å². The number of halogens is 1. The molecule has 2 aliphatic heterocycles. The molecule has 3 atom stereocenters. The molecule has 3 unspecified atom stereocenters. The predicted molar refractivity (Wildman–Crippen MR) is 81.5 cm³/mol. The average Bonchev–Trinajstić information content (AvgIpc) is 3.05. The first kappa shape index (κ1) is 12.3. The van der Waals surface area contributed by atoms with Crippen LogP contribution >= 0.6 is 22.6 Å². The number of rotatable bonds is 3. The Morgan fingerprint density at radius 1 is 1.21 bits per heavy atom. The molecule has 1 aliphatic carbocycles. The van der Waals surface area contributed by atoms with E-state index in [1.54, 1.807) is 0 Å². The van der Waals surface area contributed by atoms with Crippen LogP contribution in [0, 0.1) is 3.57 Å². The topological polar surface area (TPSA) is 47.0 Å². The summed E-state index contributed by atoms with van der Waals surface area (Å²) in [5.41, 5.74) is 1.26. The fraction of sp³-hybridized carbons (Fsp3) is 0.714. The maximum Gasteiger partial charge on any atom is 0.143 e. The number of hydrogen-bond donors (Lipinski definition) is 1. The van der Waals surface area contributed by atoms with E-state index in [9.17, 15) is 0 Å². The van der Waals surface area contributed by atoms with Gasteiger partial charge in [0.25, 0.3) is 0 Å². The van der Waals surface area contributed by atoms with E-state index in [-0.39, 0.29) is 0 Å². The molecule has 3 fully saturated rings. The van der Waals surface area contributed by atoms with Gasteiger partial charge < -0.3 is 10.1 Å². The monoisotopic (exact) mass is 371 g/mol. The summed E-state index contributed by atoms with van der Waals surface area (Å²) < 4.78 is 7.16. The smallest absolute Gasteiger partial charge is 0.143 e. The van der Waals surface area contributed by atoms with Crippen molar-refractivity contribution in [2.75, 3.05) is 12.4 Å². The molecule has 0 amide bonds. The van der Waals surface area contributed by atoms with Gasteiger partial charge in [0.15, 0.2) is 0 Å². The second kappa shape index (κ2) is 4.55. The molecule has 4 nitrogen and oxygen atoms in total. The van der Waals surface area contributed by atoms with Gasteiger partial charge in [-0.2, -0.15) is 0 Å². The highest BCUT2D eigenvalue weighted by Crippen LogP contribution is 2.46. The normalized spacial score (nSPS) is 32.8. The van der Waals surface area contributed by atoms with Crippen LogP contribution in [0.3, 0.4) is 0 Å². The Morgan fingerprint density at radius 2 is 2.05 bits per heavy atom. The lowest BCUT2D eigenvalue weighted by Gasteiger charge is -2.19. The van der Waals surface area contributed by atoms with E-state index < -0.39 is 0 Å². The van der Waals surface area contributed by atoms with E-state index in [1.165, 1.54) is 34.9 Å². The largest absolute Gasteiger partial charge is 0.374 e. The van der Waals surface area contributed by atoms with Crippen LogP contribution in [0.25, 0.3) is 0 Å². The first-order chi connectivity index (χ1) is 9.26. The summed E-state index contributed by atoms with van der Waals surface area (Å²) in [6, 6.07) is 0.